The molecule has 194 valence electrons. The molecule has 1 N–H and O–H groups in total. The number of halogens is 3. The monoisotopic (exact) mass is 497 g/mol. The average molecular weight is 498 g/mol. The van der Waals surface area contributed by atoms with Gasteiger partial charge in [-0.15, -0.1) is 0 Å². The lowest BCUT2D eigenvalue weighted by Crippen LogP contribution is -2.56. The van der Waals surface area contributed by atoms with Crippen molar-refractivity contribution < 1.29 is 36.9 Å². The SMILES string of the molecule is COCC(CCCc1ccc(Oc2cccc(C(F)(F)F)c2)cc1)(COC)NC(=O)OC(C)(C)C. The molecule has 0 atom stereocenters. The fourth-order valence-corrected chi connectivity index (χ4v) is 3.62. The van der Waals surface area contributed by atoms with Gasteiger partial charge in [0.05, 0.1) is 24.3 Å². The van der Waals surface area contributed by atoms with Crippen molar-refractivity contribution in [3.63, 3.8) is 0 Å². The van der Waals surface area contributed by atoms with Crippen molar-refractivity contribution in [1.29, 1.82) is 0 Å². The van der Waals surface area contributed by atoms with Crippen LogP contribution in [-0.2, 0) is 26.8 Å². The zero-order valence-corrected chi connectivity index (χ0v) is 20.8. The number of hydrogen-bond donors (Lipinski definition) is 1. The summed E-state index contributed by atoms with van der Waals surface area (Å²) < 4.78 is 60.4. The predicted molar refractivity (Wildman–Crippen MR) is 127 cm³/mol. The molecule has 0 aliphatic carbocycles. The van der Waals surface area contributed by atoms with Crippen LogP contribution in [0.25, 0.3) is 0 Å². The Hall–Kier alpha value is -2.78. The number of rotatable bonds is 11. The maximum Gasteiger partial charge on any atom is 0.416 e. The summed E-state index contributed by atoms with van der Waals surface area (Å²) in [4.78, 5) is 12.4. The first-order valence-corrected chi connectivity index (χ1v) is 11.3. The van der Waals surface area contributed by atoms with Gasteiger partial charge in [0.15, 0.2) is 0 Å². The van der Waals surface area contributed by atoms with E-state index < -0.39 is 29.0 Å². The molecule has 6 nitrogen and oxygen atoms in total. The fourth-order valence-electron chi connectivity index (χ4n) is 3.62. The normalized spacial score (nSPS) is 12.3. The Labute approximate surface area is 204 Å². The average Bonchev–Trinajstić information content (AvgIpc) is 2.73. The number of hydrogen-bond acceptors (Lipinski definition) is 5. The highest BCUT2D eigenvalue weighted by Gasteiger charge is 2.34. The van der Waals surface area contributed by atoms with Crippen LogP contribution in [0.1, 0.15) is 44.7 Å². The number of carbonyl (C=O) groups excluding carboxylic acids is 1. The molecule has 0 fully saturated rings. The number of carbonyl (C=O) groups is 1. The maximum absolute atomic E-state index is 12.9. The highest BCUT2D eigenvalue weighted by atomic mass is 19.4. The molecule has 0 radical (unpaired) electrons. The lowest BCUT2D eigenvalue weighted by Gasteiger charge is -2.34. The molecule has 2 aromatic rings. The Morgan fingerprint density at radius 2 is 1.54 bits per heavy atom. The molecule has 2 aromatic carbocycles. The number of benzene rings is 2. The fraction of sp³-hybridized carbons (Fsp3) is 0.500. The van der Waals surface area contributed by atoms with Crippen molar-refractivity contribution in [1.82, 2.24) is 5.32 Å². The first-order valence-electron chi connectivity index (χ1n) is 11.3. The van der Waals surface area contributed by atoms with Crippen LogP contribution in [0, 0.1) is 0 Å². The van der Waals surface area contributed by atoms with Gasteiger partial charge in [0, 0.05) is 14.2 Å². The van der Waals surface area contributed by atoms with Gasteiger partial charge < -0.3 is 24.3 Å². The van der Waals surface area contributed by atoms with Crippen LogP contribution in [0.3, 0.4) is 0 Å². The second-order valence-electron chi connectivity index (χ2n) is 9.40. The van der Waals surface area contributed by atoms with Gasteiger partial charge in [-0.2, -0.15) is 13.2 Å². The van der Waals surface area contributed by atoms with Gasteiger partial charge in [-0.1, -0.05) is 18.2 Å². The number of amides is 1. The molecule has 0 aliphatic heterocycles. The van der Waals surface area contributed by atoms with E-state index in [0.717, 1.165) is 24.1 Å². The minimum Gasteiger partial charge on any atom is -0.457 e. The van der Waals surface area contributed by atoms with Gasteiger partial charge in [0.1, 0.15) is 17.1 Å². The van der Waals surface area contributed by atoms with Crippen LogP contribution >= 0.6 is 0 Å². The van der Waals surface area contributed by atoms with E-state index >= 15 is 0 Å². The third-order valence-corrected chi connectivity index (χ3v) is 5.05. The predicted octanol–water partition coefficient (Wildman–Crippen LogP) is 6.38. The third-order valence-electron chi connectivity index (χ3n) is 5.05. The lowest BCUT2D eigenvalue weighted by atomic mass is 9.93. The smallest absolute Gasteiger partial charge is 0.416 e. The summed E-state index contributed by atoms with van der Waals surface area (Å²) in [6.07, 6.45) is -2.97. The molecule has 0 unspecified atom stereocenters. The Balaban J connectivity index is 1.99. The largest absolute Gasteiger partial charge is 0.457 e. The van der Waals surface area contributed by atoms with Crippen molar-refractivity contribution in [2.75, 3.05) is 27.4 Å². The van der Waals surface area contributed by atoms with E-state index in [1.54, 1.807) is 47.1 Å². The van der Waals surface area contributed by atoms with Gasteiger partial charge >= 0.3 is 12.3 Å². The number of nitrogens with one attached hydrogen (secondary N) is 1. The number of alkyl carbamates (subject to hydrolysis) is 1. The van der Waals surface area contributed by atoms with Crippen molar-refractivity contribution in [2.45, 2.75) is 57.3 Å². The molecule has 0 saturated carbocycles. The van der Waals surface area contributed by atoms with Crippen LogP contribution in [0.5, 0.6) is 11.5 Å². The molecule has 0 spiro atoms. The van der Waals surface area contributed by atoms with E-state index in [1.165, 1.54) is 12.1 Å². The molecular weight excluding hydrogens is 463 g/mol. The van der Waals surface area contributed by atoms with Gasteiger partial charge in [0.25, 0.3) is 0 Å². The molecule has 9 heteroatoms. The Morgan fingerprint density at radius 1 is 0.914 bits per heavy atom. The van der Waals surface area contributed by atoms with Crippen LogP contribution in [-0.4, -0.2) is 44.7 Å². The van der Waals surface area contributed by atoms with E-state index in [9.17, 15) is 18.0 Å². The molecule has 2 rings (SSSR count). The van der Waals surface area contributed by atoms with E-state index in [2.05, 4.69) is 5.32 Å². The second-order valence-corrected chi connectivity index (χ2v) is 9.40. The molecular formula is C26H34F3NO5. The molecule has 0 heterocycles. The van der Waals surface area contributed by atoms with Gasteiger partial charge in [-0.3, -0.25) is 0 Å². The second kappa shape index (κ2) is 12.3. The first-order chi connectivity index (χ1) is 16.4. The van der Waals surface area contributed by atoms with Crippen molar-refractivity contribution in [3.8, 4) is 11.5 Å². The Kier molecular flexibility index (Phi) is 9.97. The summed E-state index contributed by atoms with van der Waals surface area (Å²) in [6, 6.07) is 11.9. The minimum atomic E-state index is -4.43. The van der Waals surface area contributed by atoms with Crippen molar-refractivity contribution in [2.24, 2.45) is 0 Å². The van der Waals surface area contributed by atoms with Crippen LogP contribution in [0.2, 0.25) is 0 Å². The molecule has 0 bridgehead atoms. The van der Waals surface area contributed by atoms with E-state index in [-0.39, 0.29) is 19.0 Å². The zero-order chi connectivity index (χ0) is 26.1. The number of ether oxygens (including phenoxy) is 4. The summed E-state index contributed by atoms with van der Waals surface area (Å²) in [6.45, 7) is 5.89. The summed E-state index contributed by atoms with van der Waals surface area (Å²) in [7, 11) is 3.12. The minimum absolute atomic E-state index is 0.115. The molecule has 35 heavy (non-hydrogen) atoms. The number of methoxy groups -OCH3 is 2. The zero-order valence-electron chi connectivity index (χ0n) is 20.8. The maximum atomic E-state index is 12.9. The van der Waals surface area contributed by atoms with Crippen molar-refractivity contribution in [3.05, 3.63) is 59.7 Å². The van der Waals surface area contributed by atoms with Crippen LogP contribution < -0.4 is 10.1 Å². The van der Waals surface area contributed by atoms with Gasteiger partial charge in [0.2, 0.25) is 0 Å². The highest BCUT2D eigenvalue weighted by molar-refractivity contribution is 5.68. The Bertz CT molecular complexity index is 933. The van der Waals surface area contributed by atoms with Crippen LogP contribution in [0.4, 0.5) is 18.0 Å². The summed E-state index contributed by atoms with van der Waals surface area (Å²) in [5.41, 5.74) is -1.13. The first kappa shape index (κ1) is 28.5. The van der Waals surface area contributed by atoms with E-state index in [0.29, 0.717) is 18.6 Å². The van der Waals surface area contributed by atoms with E-state index in [4.69, 9.17) is 18.9 Å². The summed E-state index contributed by atoms with van der Waals surface area (Å²) in [5.74, 6) is 0.553. The molecule has 0 aliphatic rings. The molecule has 0 aromatic heterocycles. The molecule has 1 amide bonds. The highest BCUT2D eigenvalue weighted by Crippen LogP contribution is 2.32. The van der Waals surface area contributed by atoms with Gasteiger partial charge in [-0.05, 0) is 75.9 Å². The topological polar surface area (TPSA) is 66.0 Å². The summed E-state index contributed by atoms with van der Waals surface area (Å²) >= 11 is 0. The lowest BCUT2D eigenvalue weighted by molar-refractivity contribution is -0.137. The number of alkyl halides is 3. The third kappa shape index (κ3) is 9.78. The standard InChI is InChI=1S/C26H34F3NO5/c1-24(2,3)35-23(31)30-25(17-32-4,18-33-5)15-7-8-19-11-13-21(14-12-19)34-22-10-6-9-20(16-22)26(27,28)29/h6,9-14,16H,7-8,15,17-18H2,1-5H3,(H,30,31). The Morgan fingerprint density at radius 3 is 2.09 bits per heavy atom. The number of aryl methyl sites for hydroxylation is 1. The van der Waals surface area contributed by atoms with Gasteiger partial charge in [-0.25, -0.2) is 4.79 Å². The van der Waals surface area contributed by atoms with E-state index in [1.807, 2.05) is 12.1 Å². The quantitative estimate of drug-likeness (QED) is 0.390. The molecule has 0 saturated heterocycles. The van der Waals surface area contributed by atoms with Crippen molar-refractivity contribution >= 4 is 6.09 Å². The summed E-state index contributed by atoms with van der Waals surface area (Å²) in [5, 5.41) is 2.92. The van der Waals surface area contributed by atoms with Crippen LogP contribution in [0.15, 0.2) is 48.5 Å².